The fourth-order valence-electron chi connectivity index (χ4n) is 3.12. The molecule has 3 N–H and O–H groups in total. The van der Waals surface area contributed by atoms with E-state index in [-0.39, 0.29) is 35.8 Å². The van der Waals surface area contributed by atoms with E-state index in [9.17, 15) is 4.79 Å². The molecule has 6 nitrogen and oxygen atoms in total. The minimum Gasteiger partial charge on any atom is -0.357 e. The summed E-state index contributed by atoms with van der Waals surface area (Å²) in [7, 11) is 0. The first-order valence-electron chi connectivity index (χ1n) is 10.2. The lowest BCUT2D eigenvalue weighted by Gasteiger charge is -2.30. The summed E-state index contributed by atoms with van der Waals surface area (Å²) >= 11 is 0. The monoisotopic (exact) mass is 479 g/mol. The van der Waals surface area contributed by atoms with Crippen LogP contribution in [0.15, 0.2) is 4.99 Å². The van der Waals surface area contributed by atoms with Gasteiger partial charge in [-0.3, -0.25) is 9.79 Å². The zero-order chi connectivity index (χ0) is 17.9. The lowest BCUT2D eigenvalue weighted by atomic mass is 9.99. The molecule has 2 aliphatic rings. The van der Waals surface area contributed by atoms with Crippen LogP contribution in [0.3, 0.4) is 0 Å². The molecular weight excluding hydrogens is 441 g/mol. The molecule has 1 amide bonds. The van der Waals surface area contributed by atoms with Gasteiger partial charge in [0.2, 0.25) is 5.91 Å². The number of nitrogens with zero attached hydrogens (tertiary/aromatic N) is 2. The van der Waals surface area contributed by atoms with Crippen molar-refractivity contribution < 1.29 is 4.79 Å². The number of hydrogen-bond donors (Lipinski definition) is 3. The predicted octanol–water partition coefficient (Wildman–Crippen LogP) is 2.20. The molecule has 152 valence electrons. The van der Waals surface area contributed by atoms with E-state index in [1.807, 2.05) is 0 Å². The summed E-state index contributed by atoms with van der Waals surface area (Å²) in [5.41, 5.74) is 0. The number of aliphatic imine (C=N–C) groups is 1. The van der Waals surface area contributed by atoms with Gasteiger partial charge >= 0.3 is 0 Å². The molecule has 1 saturated carbocycles. The Morgan fingerprint density at radius 1 is 1.04 bits per heavy atom. The van der Waals surface area contributed by atoms with Gasteiger partial charge < -0.3 is 20.9 Å². The zero-order valence-electron chi connectivity index (χ0n) is 16.6. The average Bonchev–Trinajstić information content (AvgIpc) is 3.45. The quantitative estimate of drug-likeness (QED) is 0.195. The van der Waals surface area contributed by atoms with Gasteiger partial charge in [0, 0.05) is 32.1 Å². The Balaban J connectivity index is 0.00000338. The zero-order valence-corrected chi connectivity index (χ0v) is 18.9. The van der Waals surface area contributed by atoms with Gasteiger partial charge in [-0.2, -0.15) is 0 Å². The molecule has 1 saturated heterocycles. The summed E-state index contributed by atoms with van der Waals surface area (Å²) in [5, 5.41) is 9.53. The highest BCUT2D eigenvalue weighted by Gasteiger charge is 2.28. The molecule has 0 aromatic rings. The first-order valence-corrected chi connectivity index (χ1v) is 10.2. The molecule has 26 heavy (non-hydrogen) atoms. The minimum atomic E-state index is 0. The summed E-state index contributed by atoms with van der Waals surface area (Å²) in [6.07, 6.45) is 7.16. The summed E-state index contributed by atoms with van der Waals surface area (Å²) in [6.45, 7) is 11.3. The van der Waals surface area contributed by atoms with E-state index in [1.54, 1.807) is 0 Å². The van der Waals surface area contributed by atoms with Crippen LogP contribution < -0.4 is 16.0 Å². The van der Waals surface area contributed by atoms with Gasteiger partial charge in [-0.15, -0.1) is 24.0 Å². The highest BCUT2D eigenvalue weighted by Crippen LogP contribution is 2.28. The Morgan fingerprint density at radius 2 is 1.73 bits per heavy atom. The van der Waals surface area contributed by atoms with Crippen molar-refractivity contribution in [1.29, 1.82) is 0 Å². The number of carbonyl (C=O) groups excluding carboxylic acids is 1. The Hall–Kier alpha value is -0.570. The molecule has 1 aliphatic heterocycles. The van der Waals surface area contributed by atoms with Gasteiger partial charge in [0.05, 0.1) is 0 Å². The Labute approximate surface area is 176 Å². The number of halogens is 1. The van der Waals surface area contributed by atoms with E-state index in [4.69, 9.17) is 0 Å². The topological polar surface area (TPSA) is 68.8 Å². The summed E-state index contributed by atoms with van der Waals surface area (Å²) < 4.78 is 0. The van der Waals surface area contributed by atoms with Crippen molar-refractivity contribution >= 4 is 35.8 Å². The van der Waals surface area contributed by atoms with Gasteiger partial charge in [-0.1, -0.05) is 6.92 Å². The van der Waals surface area contributed by atoms with Gasteiger partial charge in [-0.05, 0) is 71.0 Å². The first kappa shape index (κ1) is 23.5. The Kier molecular flexibility index (Phi) is 12.3. The molecule has 0 radical (unpaired) electrons. The van der Waals surface area contributed by atoms with E-state index in [0.29, 0.717) is 6.54 Å². The molecule has 0 spiro atoms. The number of carbonyl (C=O) groups is 1. The number of rotatable bonds is 10. The predicted molar refractivity (Wildman–Crippen MR) is 119 cm³/mol. The van der Waals surface area contributed by atoms with E-state index in [2.05, 4.69) is 39.7 Å². The number of likely N-dealkylation sites (tertiary alicyclic amines) is 1. The van der Waals surface area contributed by atoms with Crippen molar-refractivity contribution in [3.63, 3.8) is 0 Å². The van der Waals surface area contributed by atoms with Crippen LogP contribution in [0.2, 0.25) is 0 Å². The highest BCUT2D eigenvalue weighted by molar-refractivity contribution is 14.0. The Morgan fingerprint density at radius 3 is 2.38 bits per heavy atom. The number of nitrogens with one attached hydrogen (secondary N) is 3. The molecule has 1 aliphatic carbocycles. The number of piperidine rings is 1. The maximum Gasteiger partial charge on any atom is 0.223 e. The normalized spacial score (nSPS) is 18.9. The first-order chi connectivity index (χ1) is 12.2. The number of hydrogen-bond acceptors (Lipinski definition) is 3. The van der Waals surface area contributed by atoms with Crippen molar-refractivity contribution in [1.82, 2.24) is 20.9 Å². The van der Waals surface area contributed by atoms with Gasteiger partial charge in [0.15, 0.2) is 5.96 Å². The van der Waals surface area contributed by atoms with Gasteiger partial charge in [0.1, 0.15) is 0 Å². The third-order valence-electron chi connectivity index (χ3n) is 5.04. The van der Waals surface area contributed by atoms with Crippen molar-refractivity contribution in [2.45, 2.75) is 52.4 Å². The maximum atomic E-state index is 11.6. The van der Waals surface area contributed by atoms with Crippen molar-refractivity contribution in [3.05, 3.63) is 0 Å². The van der Waals surface area contributed by atoms with Crippen LogP contribution in [-0.2, 0) is 4.79 Å². The van der Waals surface area contributed by atoms with Crippen LogP contribution in [0.1, 0.15) is 52.4 Å². The van der Waals surface area contributed by atoms with Crippen molar-refractivity contribution in [3.8, 4) is 0 Å². The van der Waals surface area contributed by atoms with E-state index in [1.165, 1.54) is 38.9 Å². The molecule has 2 fully saturated rings. The van der Waals surface area contributed by atoms with E-state index >= 15 is 0 Å². The number of guanidine groups is 1. The molecule has 0 unspecified atom stereocenters. The second kappa shape index (κ2) is 13.6. The average molecular weight is 479 g/mol. The third-order valence-corrected chi connectivity index (χ3v) is 5.04. The van der Waals surface area contributed by atoms with Crippen LogP contribution in [0.5, 0.6) is 0 Å². The molecule has 2 rings (SSSR count). The molecule has 0 aromatic carbocycles. The summed E-state index contributed by atoms with van der Waals surface area (Å²) in [6, 6.07) is 0. The molecule has 0 aromatic heterocycles. The van der Waals surface area contributed by atoms with E-state index < -0.39 is 0 Å². The fourth-order valence-corrected chi connectivity index (χ4v) is 3.12. The molecule has 1 heterocycles. The summed E-state index contributed by atoms with van der Waals surface area (Å²) in [5.74, 6) is 2.25. The van der Waals surface area contributed by atoms with E-state index in [0.717, 1.165) is 50.8 Å². The van der Waals surface area contributed by atoms with Gasteiger partial charge in [-0.25, -0.2) is 0 Å². The standard InChI is InChI=1S/C19H37N5O.HI/c1-3-20-19(23-12-11-21-18(25)17-6-7-17)22-10-4-5-13-24-14-8-16(2)9-15-24;/h16-17H,3-15H2,1-2H3,(H,21,25)(H2,20,22,23);1H. The SMILES string of the molecule is CCNC(=NCCCCN1CCC(C)CC1)NCCNC(=O)C1CC1.I. The number of unbranched alkanes of at least 4 members (excludes halogenated alkanes) is 1. The second-order valence-electron chi connectivity index (χ2n) is 7.48. The van der Waals surface area contributed by atoms with Crippen LogP contribution in [-0.4, -0.2) is 62.6 Å². The van der Waals surface area contributed by atoms with Crippen LogP contribution >= 0.6 is 24.0 Å². The molecular formula is C19H38IN5O. The number of amides is 1. The van der Waals surface area contributed by atoms with Gasteiger partial charge in [0.25, 0.3) is 0 Å². The third kappa shape index (κ3) is 9.94. The summed E-state index contributed by atoms with van der Waals surface area (Å²) in [4.78, 5) is 18.8. The lowest BCUT2D eigenvalue weighted by Crippen LogP contribution is -2.41. The van der Waals surface area contributed by atoms with Crippen LogP contribution in [0.4, 0.5) is 0 Å². The van der Waals surface area contributed by atoms with Crippen molar-refractivity contribution in [2.24, 2.45) is 16.8 Å². The Bertz CT molecular complexity index is 420. The second-order valence-corrected chi connectivity index (χ2v) is 7.48. The highest BCUT2D eigenvalue weighted by atomic mass is 127. The molecule has 0 atom stereocenters. The molecule has 0 bridgehead atoms. The van der Waals surface area contributed by atoms with Crippen LogP contribution in [0, 0.1) is 11.8 Å². The fraction of sp³-hybridized carbons (Fsp3) is 0.895. The molecule has 7 heteroatoms. The lowest BCUT2D eigenvalue weighted by molar-refractivity contribution is -0.122. The minimum absolute atomic E-state index is 0. The maximum absolute atomic E-state index is 11.6. The van der Waals surface area contributed by atoms with Crippen molar-refractivity contribution in [2.75, 3.05) is 45.8 Å². The smallest absolute Gasteiger partial charge is 0.223 e. The largest absolute Gasteiger partial charge is 0.357 e. The van der Waals surface area contributed by atoms with Crippen LogP contribution in [0.25, 0.3) is 0 Å².